The molecule has 0 amide bonds. The summed E-state index contributed by atoms with van der Waals surface area (Å²) < 4.78 is 5.87. The number of thioether (sulfide) groups is 2. The number of aromatic hydroxyl groups is 1. The lowest BCUT2D eigenvalue weighted by molar-refractivity contribution is -0.134. The highest BCUT2D eigenvalue weighted by Crippen LogP contribution is 2.51. The van der Waals surface area contributed by atoms with Crippen molar-refractivity contribution in [2.45, 2.75) is 152 Å². The zero-order chi connectivity index (χ0) is 33.3. The van der Waals surface area contributed by atoms with Gasteiger partial charge in [0.05, 0.1) is 9.84 Å². The minimum Gasteiger partial charge on any atom is -0.513 e. The van der Waals surface area contributed by atoms with Crippen LogP contribution in [-0.2, 0) is 26.5 Å². The number of carbonyl (C=O) groups is 1. The Balaban J connectivity index is 2.58. The van der Waals surface area contributed by atoms with E-state index in [1.807, 2.05) is 0 Å². The number of rotatable bonds is 9. The van der Waals surface area contributed by atoms with Crippen molar-refractivity contribution < 1.29 is 19.7 Å². The van der Waals surface area contributed by atoms with Gasteiger partial charge in [0.2, 0.25) is 0 Å². The number of phenolic OH excluding ortho intramolecular Hbond substituents is 1. The Morgan fingerprint density at radius 2 is 1.02 bits per heavy atom. The van der Waals surface area contributed by atoms with Gasteiger partial charge in [-0.3, -0.25) is 4.79 Å². The number of aliphatic hydroxyl groups is 1. The molecule has 6 heteroatoms. The summed E-state index contributed by atoms with van der Waals surface area (Å²) in [7, 11) is 0. The molecular formula is C37H56O4S2. The lowest BCUT2D eigenvalue weighted by Crippen LogP contribution is -2.22. The van der Waals surface area contributed by atoms with E-state index in [1.165, 1.54) is 0 Å². The summed E-state index contributed by atoms with van der Waals surface area (Å²) in [5, 5.41) is 20.6. The number of hydrogen-bond donors (Lipinski definition) is 2. The Morgan fingerprint density at radius 1 is 0.674 bits per heavy atom. The largest absolute Gasteiger partial charge is 0.513 e. The molecule has 2 rings (SSSR count). The van der Waals surface area contributed by atoms with E-state index >= 15 is 0 Å². The second-order valence-corrected chi connectivity index (χ2v) is 19.9. The molecular weight excluding hydrogens is 573 g/mol. The molecule has 0 bridgehead atoms. The fourth-order valence-corrected chi connectivity index (χ4v) is 7.47. The maximum absolute atomic E-state index is 12.9. The summed E-state index contributed by atoms with van der Waals surface area (Å²) >= 11 is 3.60. The number of phenols is 1. The van der Waals surface area contributed by atoms with Crippen LogP contribution < -0.4 is 4.74 Å². The Hall–Kier alpha value is -2.05. The summed E-state index contributed by atoms with van der Waals surface area (Å²) in [5.74, 6) is 0.818. The van der Waals surface area contributed by atoms with E-state index in [1.54, 1.807) is 23.5 Å². The van der Waals surface area contributed by atoms with Gasteiger partial charge in [-0.05, 0) is 66.2 Å². The third-order valence-electron chi connectivity index (χ3n) is 7.17. The van der Waals surface area contributed by atoms with Crippen molar-refractivity contribution in [3.05, 3.63) is 58.9 Å². The molecule has 4 nitrogen and oxygen atoms in total. The summed E-state index contributed by atoms with van der Waals surface area (Å²) in [4.78, 5) is 15.2. The van der Waals surface area contributed by atoms with Gasteiger partial charge in [0.15, 0.2) is 0 Å². The first-order valence-corrected chi connectivity index (χ1v) is 16.9. The van der Waals surface area contributed by atoms with E-state index in [2.05, 4.69) is 128 Å². The maximum atomic E-state index is 12.9. The summed E-state index contributed by atoms with van der Waals surface area (Å²) in [6.07, 6.45) is 1.09. The predicted octanol–water partition coefficient (Wildman–Crippen LogP) is 11.4. The molecule has 240 valence electrons. The zero-order valence-corrected chi connectivity index (χ0v) is 30.8. The van der Waals surface area contributed by atoms with Crippen LogP contribution >= 0.6 is 23.5 Å². The fraction of sp³-hybridized carbons (Fsp3) is 0.595. The Morgan fingerprint density at radius 3 is 1.35 bits per heavy atom. The van der Waals surface area contributed by atoms with Gasteiger partial charge in [0.25, 0.3) is 0 Å². The Labute approximate surface area is 270 Å². The van der Waals surface area contributed by atoms with E-state index in [-0.39, 0.29) is 43.9 Å². The minimum atomic E-state index is -0.301. The first kappa shape index (κ1) is 37.1. The van der Waals surface area contributed by atoms with Crippen LogP contribution in [-0.4, -0.2) is 20.3 Å². The molecule has 0 aromatic heterocycles. The third-order valence-corrected chi connectivity index (χ3v) is 9.59. The van der Waals surface area contributed by atoms with E-state index in [4.69, 9.17) is 4.74 Å². The second kappa shape index (κ2) is 13.1. The van der Waals surface area contributed by atoms with Gasteiger partial charge in [0.1, 0.15) is 11.5 Å². The van der Waals surface area contributed by atoms with Crippen molar-refractivity contribution in [2.24, 2.45) is 0 Å². The van der Waals surface area contributed by atoms with Crippen molar-refractivity contribution in [1.82, 2.24) is 0 Å². The summed E-state index contributed by atoms with van der Waals surface area (Å²) in [6, 6.07) is 8.65. The van der Waals surface area contributed by atoms with Crippen LogP contribution in [0.25, 0.3) is 0 Å². The van der Waals surface area contributed by atoms with Gasteiger partial charge >= 0.3 is 5.97 Å². The molecule has 0 aliphatic carbocycles. The van der Waals surface area contributed by atoms with Crippen LogP contribution in [0, 0.1) is 0 Å². The first-order chi connectivity index (χ1) is 19.2. The number of carbonyl (C=O) groups excluding carboxylic acids is 1. The molecule has 0 spiro atoms. The van der Waals surface area contributed by atoms with Crippen molar-refractivity contribution in [3.8, 4) is 11.5 Å². The van der Waals surface area contributed by atoms with Gasteiger partial charge in [-0.15, -0.1) is 23.5 Å². The molecule has 2 aromatic carbocycles. The van der Waals surface area contributed by atoms with Gasteiger partial charge < -0.3 is 14.9 Å². The van der Waals surface area contributed by atoms with Gasteiger partial charge in [-0.1, -0.05) is 89.7 Å². The maximum Gasteiger partial charge on any atom is 0.311 e. The molecule has 43 heavy (non-hydrogen) atoms. The van der Waals surface area contributed by atoms with Crippen molar-refractivity contribution >= 4 is 29.5 Å². The molecule has 0 saturated carbocycles. The quantitative estimate of drug-likeness (QED) is 0.0947. The van der Waals surface area contributed by atoms with Crippen LogP contribution in [0.15, 0.2) is 46.4 Å². The Kier molecular flexibility index (Phi) is 11.3. The average Bonchev–Trinajstić information content (AvgIpc) is 2.77. The van der Waals surface area contributed by atoms with Crippen LogP contribution in [0.3, 0.4) is 0 Å². The average molecular weight is 629 g/mol. The fourth-order valence-electron chi connectivity index (χ4n) is 4.89. The smallest absolute Gasteiger partial charge is 0.311 e. The zero-order valence-electron chi connectivity index (χ0n) is 29.2. The number of esters is 1. The molecule has 0 atom stereocenters. The van der Waals surface area contributed by atoms with Gasteiger partial charge in [-0.25, -0.2) is 0 Å². The molecule has 2 N–H and O–H groups in total. The van der Waals surface area contributed by atoms with Crippen LogP contribution in [0.1, 0.15) is 138 Å². The van der Waals surface area contributed by atoms with Crippen molar-refractivity contribution in [3.63, 3.8) is 0 Å². The van der Waals surface area contributed by atoms with E-state index < -0.39 is 0 Å². The molecule has 0 aliphatic heterocycles. The highest BCUT2D eigenvalue weighted by Gasteiger charge is 2.32. The minimum absolute atomic E-state index is 0.0805. The third kappa shape index (κ3) is 10.5. The number of aliphatic hydroxyl groups excluding tert-OH is 1. The van der Waals surface area contributed by atoms with Gasteiger partial charge in [-0.2, -0.15) is 0 Å². The number of benzene rings is 2. The predicted molar refractivity (Wildman–Crippen MR) is 186 cm³/mol. The topological polar surface area (TPSA) is 66.8 Å². The van der Waals surface area contributed by atoms with Crippen molar-refractivity contribution in [1.29, 1.82) is 0 Å². The Bertz CT molecular complexity index is 1260. The second-order valence-electron chi connectivity index (χ2n) is 16.2. The van der Waals surface area contributed by atoms with Crippen LogP contribution in [0.4, 0.5) is 0 Å². The number of hydrogen-bond acceptors (Lipinski definition) is 6. The molecule has 0 aliphatic rings. The standard InChI is InChI=1S/C37H56O4S2/c1-23(38)17-16-18-30(39)41-32-28(35(8,9)10)21-25(22-29(32)36(11,12)13)43-37(14,15)42-24-19-26(33(2,3)4)31(40)27(20-24)34(5,6)7/h19-22,38,40H,1,16-18H2,2-15H3. The molecule has 2 aromatic rings. The summed E-state index contributed by atoms with van der Waals surface area (Å²) in [6.45, 7) is 33.7. The highest BCUT2D eigenvalue weighted by molar-refractivity contribution is 8.18. The van der Waals surface area contributed by atoms with Crippen LogP contribution in [0.2, 0.25) is 0 Å². The van der Waals surface area contributed by atoms with Gasteiger partial charge in [0, 0.05) is 44.9 Å². The highest BCUT2D eigenvalue weighted by atomic mass is 32.2. The first-order valence-electron chi connectivity index (χ1n) is 15.2. The molecule has 0 saturated heterocycles. The molecule has 0 radical (unpaired) electrons. The molecule has 0 unspecified atom stereocenters. The van der Waals surface area contributed by atoms with E-state index in [0.29, 0.717) is 24.3 Å². The van der Waals surface area contributed by atoms with Crippen molar-refractivity contribution in [2.75, 3.05) is 0 Å². The summed E-state index contributed by atoms with van der Waals surface area (Å²) in [5.41, 5.74) is 3.01. The normalized spacial score (nSPS) is 13.3. The molecule has 0 heterocycles. The monoisotopic (exact) mass is 628 g/mol. The van der Waals surface area contributed by atoms with E-state index in [0.717, 1.165) is 32.0 Å². The molecule has 0 fully saturated rings. The SMILES string of the molecule is C=C(O)CCCC(=O)Oc1c(C(C)(C)C)cc(SC(C)(C)Sc2cc(C(C)(C)C)c(O)c(C(C)(C)C)c2)cc1C(C)(C)C. The number of ether oxygens (including phenoxy) is 1. The lowest BCUT2D eigenvalue weighted by atomic mass is 9.79. The lowest BCUT2D eigenvalue weighted by Gasteiger charge is -2.32. The van der Waals surface area contributed by atoms with E-state index in [9.17, 15) is 15.0 Å². The number of allylic oxidation sites excluding steroid dienone is 1. The van der Waals surface area contributed by atoms with Crippen LogP contribution in [0.5, 0.6) is 11.5 Å².